The normalized spacial score (nSPS) is 10.4. The Balaban J connectivity index is 2.50. The topological polar surface area (TPSA) is 52.3 Å². The molecule has 104 valence electrons. The monoisotopic (exact) mass is 341 g/mol. The third kappa shape index (κ3) is 2.96. The Hall–Kier alpha value is -1.95. The van der Waals surface area contributed by atoms with E-state index >= 15 is 0 Å². The minimum absolute atomic E-state index is 0.0777. The number of carbonyl (C=O) groups is 1. The number of hydrogen-bond donors (Lipinski definition) is 1. The number of rotatable bonds is 3. The molecule has 0 heterocycles. The number of nitrogens with two attached hydrogens (primary N) is 1. The summed E-state index contributed by atoms with van der Waals surface area (Å²) in [5.41, 5.74) is 6.11. The van der Waals surface area contributed by atoms with Gasteiger partial charge in [0.25, 0.3) is 5.91 Å². The number of hydrogen-bond acceptors (Lipinski definition) is 2. The molecule has 0 aliphatic heterocycles. The smallest absolute Gasteiger partial charge is 0.252 e. The van der Waals surface area contributed by atoms with Crippen LogP contribution in [0.4, 0.5) is 8.78 Å². The van der Waals surface area contributed by atoms with Gasteiger partial charge in [0.05, 0.1) is 5.56 Å². The van der Waals surface area contributed by atoms with Gasteiger partial charge in [-0.1, -0.05) is 22.0 Å². The van der Waals surface area contributed by atoms with E-state index in [2.05, 4.69) is 15.9 Å². The first kappa shape index (κ1) is 14.5. The zero-order chi connectivity index (χ0) is 14.9. The molecule has 20 heavy (non-hydrogen) atoms. The van der Waals surface area contributed by atoms with Crippen LogP contribution in [0.3, 0.4) is 0 Å². The molecule has 2 N–H and O–H groups in total. The van der Waals surface area contributed by atoms with Crippen LogP contribution in [0.25, 0.3) is 0 Å². The van der Waals surface area contributed by atoms with E-state index in [-0.39, 0.29) is 17.1 Å². The molecule has 0 unspecified atom stereocenters. The molecule has 2 aromatic rings. The van der Waals surface area contributed by atoms with Crippen molar-refractivity contribution in [1.82, 2.24) is 0 Å². The van der Waals surface area contributed by atoms with Crippen LogP contribution in [0, 0.1) is 18.6 Å². The molecule has 3 nitrogen and oxygen atoms in total. The van der Waals surface area contributed by atoms with Crippen LogP contribution in [-0.2, 0) is 0 Å². The van der Waals surface area contributed by atoms with Crippen LogP contribution in [0.2, 0.25) is 0 Å². The van der Waals surface area contributed by atoms with Gasteiger partial charge in [0.2, 0.25) is 5.82 Å². The quantitative estimate of drug-likeness (QED) is 0.860. The summed E-state index contributed by atoms with van der Waals surface area (Å²) < 4.78 is 32.6. The molecule has 0 saturated heterocycles. The largest absolute Gasteiger partial charge is 0.453 e. The van der Waals surface area contributed by atoms with Crippen molar-refractivity contribution >= 4 is 21.8 Å². The van der Waals surface area contributed by atoms with E-state index in [0.717, 1.165) is 11.6 Å². The molecule has 6 heteroatoms. The molecule has 0 saturated carbocycles. The number of aryl methyl sites for hydroxylation is 1. The van der Waals surface area contributed by atoms with E-state index in [1.807, 2.05) is 0 Å². The average molecular weight is 342 g/mol. The Kier molecular flexibility index (Phi) is 4.04. The van der Waals surface area contributed by atoms with Gasteiger partial charge in [0.1, 0.15) is 5.75 Å². The molecule has 0 aliphatic carbocycles. The van der Waals surface area contributed by atoms with Gasteiger partial charge in [-0.25, -0.2) is 4.39 Å². The molecular formula is C14H10BrF2NO2. The second kappa shape index (κ2) is 5.58. The summed E-state index contributed by atoms with van der Waals surface area (Å²) >= 11 is 3.04. The van der Waals surface area contributed by atoms with Gasteiger partial charge in [-0.15, -0.1) is 0 Å². The van der Waals surface area contributed by atoms with Crippen LogP contribution in [0.15, 0.2) is 34.8 Å². The third-order valence-electron chi connectivity index (χ3n) is 2.58. The van der Waals surface area contributed by atoms with Gasteiger partial charge < -0.3 is 10.5 Å². The minimum Gasteiger partial charge on any atom is -0.453 e. The first-order valence-electron chi connectivity index (χ1n) is 5.61. The maximum atomic E-state index is 13.7. The fraction of sp³-hybridized carbons (Fsp3) is 0.0714. The molecule has 0 bridgehead atoms. The lowest BCUT2D eigenvalue weighted by molar-refractivity contribution is 0.0998. The van der Waals surface area contributed by atoms with Gasteiger partial charge >= 0.3 is 0 Å². The SMILES string of the molecule is Cc1ccc(C(N)=O)c(Oc2cc(Br)cc(F)c2F)c1. The van der Waals surface area contributed by atoms with Crippen molar-refractivity contribution in [3.05, 3.63) is 57.6 Å². The summed E-state index contributed by atoms with van der Waals surface area (Å²) in [6.45, 7) is 1.77. The zero-order valence-corrected chi connectivity index (χ0v) is 12.0. The number of halogens is 3. The number of amides is 1. The van der Waals surface area contributed by atoms with Crippen LogP contribution >= 0.6 is 15.9 Å². The van der Waals surface area contributed by atoms with Crippen molar-refractivity contribution in [3.8, 4) is 11.5 Å². The highest BCUT2D eigenvalue weighted by Gasteiger charge is 2.16. The number of ether oxygens (including phenoxy) is 1. The zero-order valence-electron chi connectivity index (χ0n) is 10.4. The predicted molar refractivity (Wildman–Crippen MR) is 73.8 cm³/mol. The van der Waals surface area contributed by atoms with E-state index in [4.69, 9.17) is 10.5 Å². The van der Waals surface area contributed by atoms with Gasteiger partial charge in [-0.3, -0.25) is 4.79 Å². The molecule has 0 aromatic heterocycles. The lowest BCUT2D eigenvalue weighted by atomic mass is 10.1. The average Bonchev–Trinajstić information content (AvgIpc) is 2.35. The van der Waals surface area contributed by atoms with E-state index in [9.17, 15) is 13.6 Å². The fourth-order valence-electron chi connectivity index (χ4n) is 1.64. The summed E-state index contributed by atoms with van der Waals surface area (Å²) in [5, 5.41) is 0. The highest BCUT2D eigenvalue weighted by molar-refractivity contribution is 9.10. The number of primary amides is 1. The molecule has 2 rings (SSSR count). The van der Waals surface area contributed by atoms with Gasteiger partial charge in [0.15, 0.2) is 11.6 Å². The Labute approximate surface area is 122 Å². The Morgan fingerprint density at radius 3 is 2.55 bits per heavy atom. The first-order chi connectivity index (χ1) is 9.38. The fourth-order valence-corrected chi connectivity index (χ4v) is 2.05. The summed E-state index contributed by atoms with van der Waals surface area (Å²) in [7, 11) is 0. The number of benzene rings is 2. The maximum absolute atomic E-state index is 13.7. The molecule has 0 atom stereocenters. The van der Waals surface area contributed by atoms with Crippen molar-refractivity contribution in [1.29, 1.82) is 0 Å². The Bertz CT molecular complexity index is 689. The van der Waals surface area contributed by atoms with Crippen molar-refractivity contribution in [3.63, 3.8) is 0 Å². The van der Waals surface area contributed by atoms with E-state index in [1.54, 1.807) is 13.0 Å². The second-order valence-electron chi connectivity index (χ2n) is 4.17. The highest BCUT2D eigenvalue weighted by Crippen LogP contribution is 2.31. The Morgan fingerprint density at radius 2 is 1.90 bits per heavy atom. The maximum Gasteiger partial charge on any atom is 0.252 e. The van der Waals surface area contributed by atoms with E-state index in [1.165, 1.54) is 18.2 Å². The van der Waals surface area contributed by atoms with Gasteiger partial charge in [0, 0.05) is 4.47 Å². The van der Waals surface area contributed by atoms with Crippen molar-refractivity contribution < 1.29 is 18.3 Å². The second-order valence-corrected chi connectivity index (χ2v) is 5.08. The molecule has 2 aromatic carbocycles. The van der Waals surface area contributed by atoms with Crippen molar-refractivity contribution in [2.45, 2.75) is 6.92 Å². The van der Waals surface area contributed by atoms with Crippen molar-refractivity contribution in [2.24, 2.45) is 5.73 Å². The van der Waals surface area contributed by atoms with E-state index < -0.39 is 17.5 Å². The molecule has 0 aliphatic rings. The molecule has 1 amide bonds. The van der Waals surface area contributed by atoms with Crippen LogP contribution in [0.1, 0.15) is 15.9 Å². The van der Waals surface area contributed by atoms with Gasteiger partial charge in [-0.05, 0) is 36.8 Å². The summed E-state index contributed by atoms with van der Waals surface area (Å²) in [6, 6.07) is 6.92. The third-order valence-corrected chi connectivity index (χ3v) is 3.04. The summed E-state index contributed by atoms with van der Waals surface area (Å²) in [5.74, 6) is -3.15. The van der Waals surface area contributed by atoms with Gasteiger partial charge in [-0.2, -0.15) is 4.39 Å². The molecule has 0 radical (unpaired) electrons. The van der Waals surface area contributed by atoms with Crippen molar-refractivity contribution in [2.75, 3.05) is 0 Å². The summed E-state index contributed by atoms with van der Waals surface area (Å²) in [6.07, 6.45) is 0. The molecule has 0 fully saturated rings. The summed E-state index contributed by atoms with van der Waals surface area (Å²) in [4.78, 5) is 11.3. The number of carbonyl (C=O) groups excluding carboxylic acids is 1. The Morgan fingerprint density at radius 1 is 1.20 bits per heavy atom. The van der Waals surface area contributed by atoms with Crippen LogP contribution in [-0.4, -0.2) is 5.91 Å². The molecule has 0 spiro atoms. The minimum atomic E-state index is -1.13. The predicted octanol–water partition coefficient (Wildman–Crippen LogP) is 3.93. The lowest BCUT2D eigenvalue weighted by Crippen LogP contribution is -2.12. The van der Waals surface area contributed by atoms with Crippen LogP contribution in [0.5, 0.6) is 11.5 Å². The molecular weight excluding hydrogens is 332 g/mol. The first-order valence-corrected chi connectivity index (χ1v) is 6.40. The standard InChI is InChI=1S/C14H10BrF2NO2/c1-7-2-3-9(14(18)19)11(4-7)20-12-6-8(15)5-10(16)13(12)17/h2-6H,1H3,(H2,18,19). The van der Waals surface area contributed by atoms with Crippen LogP contribution < -0.4 is 10.5 Å². The van der Waals surface area contributed by atoms with E-state index in [0.29, 0.717) is 4.47 Å². The lowest BCUT2D eigenvalue weighted by Gasteiger charge is -2.11. The highest BCUT2D eigenvalue weighted by atomic mass is 79.9.